The average Bonchev–Trinajstić information content (AvgIpc) is 2.53. The Morgan fingerprint density at radius 2 is 2.04 bits per heavy atom. The molecule has 25 heavy (non-hydrogen) atoms. The van der Waals surface area contributed by atoms with Gasteiger partial charge in [0.15, 0.2) is 0 Å². The van der Waals surface area contributed by atoms with Gasteiger partial charge in [-0.15, -0.1) is 0 Å². The number of likely N-dealkylation sites (N-methyl/N-ethyl adjacent to an activating group) is 1. The van der Waals surface area contributed by atoms with Gasteiger partial charge in [-0.1, -0.05) is 37.4 Å². The van der Waals surface area contributed by atoms with Crippen molar-refractivity contribution < 1.29 is 14.0 Å². The first-order valence-electron chi connectivity index (χ1n) is 8.58. The van der Waals surface area contributed by atoms with E-state index in [4.69, 9.17) is 11.6 Å². The highest BCUT2D eigenvalue weighted by atomic mass is 35.5. The van der Waals surface area contributed by atoms with Crippen molar-refractivity contribution in [1.29, 1.82) is 0 Å². The van der Waals surface area contributed by atoms with Gasteiger partial charge in [0.2, 0.25) is 5.91 Å². The molecule has 2 rings (SSSR count). The van der Waals surface area contributed by atoms with Crippen molar-refractivity contribution in [2.45, 2.75) is 45.2 Å². The van der Waals surface area contributed by atoms with Crippen LogP contribution in [0, 0.1) is 11.7 Å². The van der Waals surface area contributed by atoms with Gasteiger partial charge in [-0.25, -0.2) is 9.18 Å². The molecule has 0 bridgehead atoms. The van der Waals surface area contributed by atoms with E-state index in [0.717, 1.165) is 19.3 Å². The molecule has 1 fully saturated rings. The number of rotatable bonds is 5. The molecule has 3 amide bonds. The number of halogens is 2. The first-order chi connectivity index (χ1) is 11.9. The lowest BCUT2D eigenvalue weighted by Crippen LogP contribution is -2.49. The first kappa shape index (κ1) is 19.7. The molecule has 2 N–H and O–H groups in total. The van der Waals surface area contributed by atoms with Crippen molar-refractivity contribution in [2.24, 2.45) is 5.92 Å². The third kappa shape index (κ3) is 5.97. The molecule has 138 valence electrons. The van der Waals surface area contributed by atoms with Crippen molar-refractivity contribution in [3.63, 3.8) is 0 Å². The molecule has 0 aliphatic heterocycles. The maximum Gasteiger partial charge on any atom is 0.321 e. The van der Waals surface area contributed by atoms with Gasteiger partial charge in [-0.3, -0.25) is 15.0 Å². The van der Waals surface area contributed by atoms with Crippen LogP contribution in [0.25, 0.3) is 0 Å². The van der Waals surface area contributed by atoms with Gasteiger partial charge < -0.3 is 5.32 Å². The second kappa shape index (κ2) is 9.15. The lowest BCUT2D eigenvalue weighted by Gasteiger charge is -2.29. The molecule has 1 aliphatic rings. The van der Waals surface area contributed by atoms with Gasteiger partial charge in [0.25, 0.3) is 0 Å². The van der Waals surface area contributed by atoms with E-state index < -0.39 is 17.8 Å². The number of hydrogen-bond donors (Lipinski definition) is 2. The molecule has 1 aromatic carbocycles. The molecular formula is C18H25ClFN3O2. The van der Waals surface area contributed by atoms with Gasteiger partial charge >= 0.3 is 6.03 Å². The van der Waals surface area contributed by atoms with Crippen molar-refractivity contribution in [3.05, 3.63) is 34.6 Å². The predicted molar refractivity (Wildman–Crippen MR) is 95.8 cm³/mol. The number of carbonyl (C=O) groups is 2. The summed E-state index contributed by atoms with van der Waals surface area (Å²) < 4.78 is 13.8. The number of benzene rings is 1. The van der Waals surface area contributed by atoms with E-state index in [2.05, 4.69) is 17.6 Å². The topological polar surface area (TPSA) is 61.4 Å². The smallest absolute Gasteiger partial charge is 0.321 e. The van der Waals surface area contributed by atoms with E-state index in [1.165, 1.54) is 18.6 Å². The number of nitrogens with one attached hydrogen (secondary N) is 2. The van der Waals surface area contributed by atoms with Gasteiger partial charge in [-0.2, -0.15) is 0 Å². The van der Waals surface area contributed by atoms with Gasteiger partial charge in [0.1, 0.15) is 5.82 Å². The minimum atomic E-state index is -0.471. The zero-order chi connectivity index (χ0) is 18.4. The number of imide groups is 1. The molecule has 2 unspecified atom stereocenters. The van der Waals surface area contributed by atoms with E-state index in [9.17, 15) is 14.0 Å². The molecule has 5 nitrogen and oxygen atoms in total. The molecule has 0 spiro atoms. The number of carbonyl (C=O) groups excluding carboxylic acids is 2. The molecule has 2 atom stereocenters. The van der Waals surface area contributed by atoms with Crippen LogP contribution in [0.3, 0.4) is 0 Å². The van der Waals surface area contributed by atoms with Crippen molar-refractivity contribution in [3.8, 4) is 0 Å². The molecule has 0 radical (unpaired) electrons. The Bertz CT molecular complexity index is 606. The Labute approximate surface area is 152 Å². The molecule has 1 aliphatic carbocycles. The number of urea groups is 1. The maximum atomic E-state index is 13.8. The third-order valence-electron chi connectivity index (χ3n) is 4.58. The van der Waals surface area contributed by atoms with Crippen LogP contribution in [0.2, 0.25) is 5.02 Å². The summed E-state index contributed by atoms with van der Waals surface area (Å²) in [5.41, 5.74) is 0.333. The van der Waals surface area contributed by atoms with Crippen LogP contribution in [-0.2, 0) is 11.3 Å². The Morgan fingerprint density at radius 1 is 1.32 bits per heavy atom. The molecular weight excluding hydrogens is 345 g/mol. The molecule has 0 aromatic heterocycles. The highest BCUT2D eigenvalue weighted by molar-refractivity contribution is 6.31. The van der Waals surface area contributed by atoms with Crippen LogP contribution >= 0.6 is 11.6 Å². The normalized spacial score (nSPS) is 20.4. The second-order valence-corrected chi connectivity index (χ2v) is 7.17. The number of nitrogens with zero attached hydrogens (tertiary/aromatic N) is 1. The fourth-order valence-electron chi connectivity index (χ4n) is 3.16. The Hall–Kier alpha value is -1.66. The summed E-state index contributed by atoms with van der Waals surface area (Å²) >= 11 is 5.99. The summed E-state index contributed by atoms with van der Waals surface area (Å²) in [5.74, 6) is -0.430. The van der Waals surface area contributed by atoms with Crippen LogP contribution in [0.5, 0.6) is 0 Å². The van der Waals surface area contributed by atoms with E-state index >= 15 is 0 Å². The lowest BCUT2D eigenvalue weighted by molar-refractivity contribution is -0.121. The number of hydrogen-bond acceptors (Lipinski definition) is 3. The van der Waals surface area contributed by atoms with Crippen LogP contribution < -0.4 is 10.6 Å². The summed E-state index contributed by atoms with van der Waals surface area (Å²) in [5, 5.41) is 5.52. The minimum absolute atomic E-state index is 0.0295. The molecule has 7 heteroatoms. The van der Waals surface area contributed by atoms with Gasteiger partial charge in [0, 0.05) is 23.2 Å². The van der Waals surface area contributed by atoms with E-state index in [-0.39, 0.29) is 19.1 Å². The van der Waals surface area contributed by atoms with Crippen LogP contribution in [0.1, 0.15) is 38.2 Å². The lowest BCUT2D eigenvalue weighted by atomic mass is 9.86. The van der Waals surface area contributed by atoms with Crippen LogP contribution in [0.4, 0.5) is 9.18 Å². The molecule has 1 saturated carbocycles. The summed E-state index contributed by atoms with van der Waals surface area (Å²) in [4.78, 5) is 25.6. The molecule has 1 aromatic rings. The van der Waals surface area contributed by atoms with Gasteiger partial charge in [0.05, 0.1) is 6.54 Å². The van der Waals surface area contributed by atoms with Crippen molar-refractivity contribution in [1.82, 2.24) is 15.5 Å². The van der Waals surface area contributed by atoms with Crippen molar-refractivity contribution >= 4 is 23.5 Å². The van der Waals surface area contributed by atoms with E-state index in [1.807, 2.05) is 0 Å². The molecule has 0 saturated heterocycles. The standard InChI is InChI=1S/C18H25ClFN3O2/c1-12-6-3-4-9-16(12)21-18(25)22-17(24)11-23(2)10-13-14(19)7-5-8-15(13)20/h5,7-8,12,16H,3-4,6,9-11H2,1-2H3,(H2,21,22,24,25). The Kier molecular flexibility index (Phi) is 7.20. The summed E-state index contributed by atoms with van der Waals surface area (Å²) in [6.07, 6.45) is 4.30. The second-order valence-electron chi connectivity index (χ2n) is 6.76. The highest BCUT2D eigenvalue weighted by Gasteiger charge is 2.23. The third-order valence-corrected chi connectivity index (χ3v) is 4.94. The molecule has 0 heterocycles. The fourth-order valence-corrected chi connectivity index (χ4v) is 3.38. The number of amides is 3. The quantitative estimate of drug-likeness (QED) is 0.837. The monoisotopic (exact) mass is 369 g/mol. The van der Waals surface area contributed by atoms with Crippen LogP contribution in [-0.4, -0.2) is 36.5 Å². The fraction of sp³-hybridized carbons (Fsp3) is 0.556. The summed E-state index contributed by atoms with van der Waals surface area (Å²) in [7, 11) is 1.67. The summed E-state index contributed by atoms with van der Waals surface area (Å²) in [6, 6.07) is 4.10. The minimum Gasteiger partial charge on any atom is -0.335 e. The first-order valence-corrected chi connectivity index (χ1v) is 8.96. The predicted octanol–water partition coefficient (Wildman–Crippen LogP) is 3.32. The summed E-state index contributed by atoms with van der Waals surface area (Å²) in [6.45, 7) is 2.26. The average molecular weight is 370 g/mol. The Morgan fingerprint density at radius 3 is 2.72 bits per heavy atom. The Balaban J connectivity index is 1.80. The van der Waals surface area contributed by atoms with Gasteiger partial charge in [-0.05, 0) is 37.9 Å². The maximum absolute atomic E-state index is 13.8. The zero-order valence-electron chi connectivity index (χ0n) is 14.6. The highest BCUT2D eigenvalue weighted by Crippen LogP contribution is 2.23. The van der Waals surface area contributed by atoms with Crippen LogP contribution in [0.15, 0.2) is 18.2 Å². The SMILES string of the molecule is CC1CCCCC1NC(=O)NC(=O)CN(C)Cc1c(F)cccc1Cl. The van der Waals surface area contributed by atoms with E-state index in [0.29, 0.717) is 16.5 Å². The largest absolute Gasteiger partial charge is 0.335 e. The zero-order valence-corrected chi connectivity index (χ0v) is 15.4. The van der Waals surface area contributed by atoms with Crippen molar-refractivity contribution in [2.75, 3.05) is 13.6 Å². The van der Waals surface area contributed by atoms with E-state index in [1.54, 1.807) is 18.0 Å².